The molecule has 96 valence electrons. The number of nitrogens with two attached hydrogens (primary N) is 1. The standard InChI is InChI=1S/C13H15FN3O/c1-2-10-7-12(15)17-13(16-10)8-18-11-5-3-9(14)4-6-11/h3-7,13H,2,8H2,1H3,(H2,15,17)/q-1. The highest BCUT2D eigenvalue weighted by Crippen LogP contribution is 2.21. The number of rotatable bonds is 4. The monoisotopic (exact) mass is 248 g/mol. The van der Waals surface area contributed by atoms with E-state index < -0.39 is 0 Å². The first kappa shape index (κ1) is 12.4. The summed E-state index contributed by atoms with van der Waals surface area (Å²) in [7, 11) is 0. The summed E-state index contributed by atoms with van der Waals surface area (Å²) in [5.41, 5.74) is 6.60. The maximum atomic E-state index is 12.7. The van der Waals surface area contributed by atoms with Gasteiger partial charge in [0.15, 0.2) is 0 Å². The zero-order valence-electron chi connectivity index (χ0n) is 10.1. The molecular formula is C13H15FN3O-. The van der Waals surface area contributed by atoms with Crippen LogP contribution in [0.1, 0.15) is 13.3 Å². The molecule has 1 aliphatic heterocycles. The van der Waals surface area contributed by atoms with Gasteiger partial charge in [0.25, 0.3) is 0 Å². The number of allylic oxidation sites excluding steroid dienone is 1. The smallest absolute Gasteiger partial charge is 0.123 e. The highest BCUT2D eigenvalue weighted by atomic mass is 19.1. The Morgan fingerprint density at radius 2 is 2.11 bits per heavy atom. The van der Waals surface area contributed by atoms with Crippen LogP contribution in [0.15, 0.2) is 41.0 Å². The van der Waals surface area contributed by atoms with E-state index in [4.69, 9.17) is 10.5 Å². The number of amidine groups is 1. The number of benzene rings is 1. The summed E-state index contributed by atoms with van der Waals surface area (Å²) in [5, 5.41) is 4.38. The SMILES string of the molecule is CCC1=CC(N)=NC(COc2ccc(F)cc2)[N-]1. The first-order valence-corrected chi connectivity index (χ1v) is 5.80. The molecule has 18 heavy (non-hydrogen) atoms. The van der Waals surface area contributed by atoms with Crippen LogP contribution in [-0.4, -0.2) is 18.6 Å². The summed E-state index contributed by atoms with van der Waals surface area (Å²) in [6, 6.07) is 5.84. The molecular weight excluding hydrogens is 233 g/mol. The summed E-state index contributed by atoms with van der Waals surface area (Å²) in [4.78, 5) is 4.17. The van der Waals surface area contributed by atoms with E-state index in [1.807, 2.05) is 6.92 Å². The van der Waals surface area contributed by atoms with Crippen molar-refractivity contribution in [2.75, 3.05) is 6.61 Å². The Bertz CT molecular complexity index is 468. The van der Waals surface area contributed by atoms with Gasteiger partial charge in [-0.15, -0.1) is 0 Å². The molecule has 1 heterocycles. The van der Waals surface area contributed by atoms with E-state index in [1.165, 1.54) is 12.1 Å². The van der Waals surface area contributed by atoms with Crippen molar-refractivity contribution in [3.63, 3.8) is 0 Å². The molecule has 2 rings (SSSR count). The van der Waals surface area contributed by atoms with Crippen LogP contribution in [0.4, 0.5) is 4.39 Å². The van der Waals surface area contributed by atoms with Crippen molar-refractivity contribution >= 4 is 5.84 Å². The van der Waals surface area contributed by atoms with E-state index in [-0.39, 0.29) is 12.0 Å². The number of nitrogens with zero attached hydrogens (tertiary/aromatic N) is 2. The van der Waals surface area contributed by atoms with Crippen molar-refractivity contribution in [3.05, 3.63) is 47.2 Å². The van der Waals surface area contributed by atoms with Crippen molar-refractivity contribution in [1.29, 1.82) is 0 Å². The minimum atomic E-state index is -0.324. The van der Waals surface area contributed by atoms with Crippen molar-refractivity contribution in [3.8, 4) is 5.75 Å². The van der Waals surface area contributed by atoms with Crippen LogP contribution in [0.3, 0.4) is 0 Å². The summed E-state index contributed by atoms with van der Waals surface area (Å²) in [6.45, 7) is 2.30. The number of ether oxygens (including phenoxy) is 1. The molecule has 0 amide bonds. The first-order valence-electron chi connectivity index (χ1n) is 5.80. The maximum Gasteiger partial charge on any atom is 0.123 e. The summed E-state index contributed by atoms with van der Waals surface area (Å²) in [5.74, 6) is 0.769. The van der Waals surface area contributed by atoms with Crippen molar-refractivity contribution in [2.24, 2.45) is 10.7 Å². The normalized spacial score (nSPS) is 18.7. The zero-order valence-corrected chi connectivity index (χ0v) is 10.1. The van der Waals surface area contributed by atoms with Crippen LogP contribution in [0.25, 0.3) is 5.32 Å². The number of halogens is 1. The Hall–Kier alpha value is -2.04. The molecule has 0 aliphatic carbocycles. The average molecular weight is 248 g/mol. The molecule has 0 fully saturated rings. The lowest BCUT2D eigenvalue weighted by Crippen LogP contribution is -2.24. The Morgan fingerprint density at radius 3 is 2.78 bits per heavy atom. The van der Waals surface area contributed by atoms with Crippen molar-refractivity contribution in [1.82, 2.24) is 0 Å². The number of hydrogen-bond acceptors (Lipinski definition) is 3. The Balaban J connectivity index is 1.91. The van der Waals surface area contributed by atoms with Gasteiger partial charge in [-0.3, -0.25) is 4.99 Å². The summed E-state index contributed by atoms with van der Waals surface area (Å²) in [6.07, 6.45) is 2.24. The minimum Gasteiger partial charge on any atom is -0.664 e. The van der Waals surface area contributed by atoms with Gasteiger partial charge in [-0.2, -0.15) is 5.70 Å². The molecule has 0 spiro atoms. The lowest BCUT2D eigenvalue weighted by atomic mass is 10.2. The predicted molar refractivity (Wildman–Crippen MR) is 69.0 cm³/mol. The van der Waals surface area contributed by atoms with Crippen LogP contribution >= 0.6 is 0 Å². The van der Waals surface area contributed by atoms with E-state index in [0.717, 1.165) is 12.1 Å². The molecule has 1 atom stereocenters. The molecule has 5 heteroatoms. The third kappa shape index (κ3) is 3.23. The van der Waals surface area contributed by atoms with Gasteiger partial charge in [0, 0.05) is 6.17 Å². The third-order valence-electron chi connectivity index (χ3n) is 2.50. The summed E-state index contributed by atoms with van der Waals surface area (Å²) >= 11 is 0. The maximum absolute atomic E-state index is 12.7. The zero-order chi connectivity index (χ0) is 13.0. The molecule has 1 aromatic rings. The number of aliphatic imine (C=N–C) groups is 1. The van der Waals surface area contributed by atoms with Crippen molar-refractivity contribution < 1.29 is 9.13 Å². The van der Waals surface area contributed by atoms with Crippen LogP contribution in [0.5, 0.6) is 5.75 Å². The van der Waals surface area contributed by atoms with E-state index in [1.54, 1.807) is 18.2 Å². The van der Waals surface area contributed by atoms with Crippen LogP contribution < -0.4 is 10.5 Å². The second kappa shape index (κ2) is 5.53. The molecule has 0 saturated heterocycles. The third-order valence-corrected chi connectivity index (χ3v) is 2.50. The molecule has 1 aliphatic rings. The van der Waals surface area contributed by atoms with Gasteiger partial charge in [0.2, 0.25) is 0 Å². The minimum absolute atomic E-state index is 0.289. The van der Waals surface area contributed by atoms with E-state index >= 15 is 0 Å². The van der Waals surface area contributed by atoms with Gasteiger partial charge in [-0.25, -0.2) is 4.39 Å². The average Bonchev–Trinajstić information content (AvgIpc) is 2.37. The predicted octanol–water partition coefficient (Wildman–Crippen LogP) is 2.57. The van der Waals surface area contributed by atoms with Gasteiger partial charge in [-0.05, 0) is 30.3 Å². The largest absolute Gasteiger partial charge is 0.664 e. The van der Waals surface area contributed by atoms with E-state index in [0.29, 0.717) is 18.2 Å². The highest BCUT2D eigenvalue weighted by molar-refractivity contribution is 5.93. The molecule has 0 radical (unpaired) electrons. The molecule has 0 aromatic heterocycles. The van der Waals surface area contributed by atoms with Gasteiger partial charge in [0.1, 0.15) is 17.4 Å². The quantitative estimate of drug-likeness (QED) is 0.890. The van der Waals surface area contributed by atoms with Crippen LogP contribution in [-0.2, 0) is 0 Å². The second-order valence-electron chi connectivity index (χ2n) is 3.92. The highest BCUT2D eigenvalue weighted by Gasteiger charge is 2.04. The topological polar surface area (TPSA) is 61.7 Å². The van der Waals surface area contributed by atoms with Crippen LogP contribution in [0.2, 0.25) is 0 Å². The van der Waals surface area contributed by atoms with Gasteiger partial charge in [-0.1, -0.05) is 13.3 Å². The molecule has 1 unspecified atom stereocenters. The lowest BCUT2D eigenvalue weighted by Gasteiger charge is -2.35. The molecule has 2 N–H and O–H groups in total. The van der Waals surface area contributed by atoms with Gasteiger partial charge >= 0.3 is 0 Å². The molecule has 1 aromatic carbocycles. The van der Waals surface area contributed by atoms with E-state index in [2.05, 4.69) is 10.3 Å². The number of hydrogen-bond donors (Lipinski definition) is 1. The fourth-order valence-electron chi connectivity index (χ4n) is 1.61. The second-order valence-corrected chi connectivity index (χ2v) is 3.92. The Kier molecular flexibility index (Phi) is 3.82. The fourth-order valence-corrected chi connectivity index (χ4v) is 1.61. The van der Waals surface area contributed by atoms with Gasteiger partial charge < -0.3 is 15.8 Å². The molecule has 0 bridgehead atoms. The van der Waals surface area contributed by atoms with Crippen molar-refractivity contribution in [2.45, 2.75) is 19.5 Å². The van der Waals surface area contributed by atoms with E-state index in [9.17, 15) is 4.39 Å². The lowest BCUT2D eigenvalue weighted by molar-refractivity contribution is 0.302. The van der Waals surface area contributed by atoms with Gasteiger partial charge in [0.05, 0.1) is 6.61 Å². The first-order chi connectivity index (χ1) is 8.67. The van der Waals surface area contributed by atoms with Crippen LogP contribution in [0, 0.1) is 5.82 Å². The Morgan fingerprint density at radius 1 is 1.39 bits per heavy atom. The molecule has 0 saturated carbocycles. The summed E-state index contributed by atoms with van der Waals surface area (Å²) < 4.78 is 18.2. The fraction of sp³-hybridized carbons (Fsp3) is 0.308. The Labute approximate surface area is 105 Å². The molecule has 4 nitrogen and oxygen atoms in total.